The summed E-state index contributed by atoms with van der Waals surface area (Å²) in [6, 6.07) is 0. The Bertz CT molecular complexity index is 188. The summed E-state index contributed by atoms with van der Waals surface area (Å²) in [7, 11) is 0. The lowest BCUT2D eigenvalue weighted by Crippen LogP contribution is -2.30. The molecule has 1 rings (SSSR count). The van der Waals surface area contributed by atoms with Gasteiger partial charge in [-0.1, -0.05) is 53.4 Å². The average Bonchev–Trinajstić information content (AvgIpc) is 2.53. The van der Waals surface area contributed by atoms with E-state index in [0.717, 1.165) is 11.8 Å². The zero-order valence-corrected chi connectivity index (χ0v) is 12.5. The Labute approximate surface area is 109 Å². The molecule has 0 spiro atoms. The molecule has 0 heterocycles. The first-order valence-electron chi connectivity index (χ1n) is 7.73. The van der Waals surface area contributed by atoms with Crippen molar-refractivity contribution in [1.82, 2.24) is 5.32 Å². The summed E-state index contributed by atoms with van der Waals surface area (Å²) in [5.74, 6) is 1.74. The van der Waals surface area contributed by atoms with E-state index in [4.69, 9.17) is 0 Å². The largest absolute Gasteiger partial charge is 0.316 e. The van der Waals surface area contributed by atoms with Gasteiger partial charge >= 0.3 is 0 Å². The maximum Gasteiger partial charge on any atom is -0.00258 e. The molecule has 1 aliphatic rings. The highest BCUT2D eigenvalue weighted by Gasteiger charge is 2.29. The number of nitrogens with one attached hydrogen (secondary N) is 1. The molecule has 1 heteroatoms. The minimum Gasteiger partial charge on any atom is -0.316 e. The molecular formula is C16H33N. The molecule has 0 aliphatic heterocycles. The Balaban J connectivity index is 2.27. The maximum absolute atomic E-state index is 3.60. The summed E-state index contributed by atoms with van der Waals surface area (Å²) in [6.07, 6.45) is 10.1. The Hall–Kier alpha value is -0.0400. The monoisotopic (exact) mass is 239 g/mol. The van der Waals surface area contributed by atoms with Crippen molar-refractivity contribution in [3.63, 3.8) is 0 Å². The molecule has 0 atom stereocenters. The van der Waals surface area contributed by atoms with Crippen LogP contribution in [0.2, 0.25) is 0 Å². The summed E-state index contributed by atoms with van der Waals surface area (Å²) in [5.41, 5.74) is 0.536. The zero-order chi connectivity index (χ0) is 12.7. The van der Waals surface area contributed by atoms with Crippen molar-refractivity contribution in [3.05, 3.63) is 0 Å². The summed E-state index contributed by atoms with van der Waals surface area (Å²) in [5, 5.41) is 3.60. The molecule has 1 nitrogen and oxygen atoms in total. The van der Waals surface area contributed by atoms with Crippen LogP contribution in [0.5, 0.6) is 0 Å². The van der Waals surface area contributed by atoms with Crippen molar-refractivity contribution in [3.8, 4) is 0 Å². The molecule has 0 aromatic carbocycles. The van der Waals surface area contributed by atoms with Gasteiger partial charge in [-0.2, -0.15) is 0 Å². The van der Waals surface area contributed by atoms with Crippen molar-refractivity contribution in [2.75, 3.05) is 13.1 Å². The minimum atomic E-state index is 0.536. The summed E-state index contributed by atoms with van der Waals surface area (Å²) >= 11 is 0. The van der Waals surface area contributed by atoms with E-state index >= 15 is 0 Å². The fourth-order valence-electron chi connectivity index (χ4n) is 3.07. The van der Waals surface area contributed by atoms with Crippen LogP contribution in [-0.2, 0) is 0 Å². The van der Waals surface area contributed by atoms with Gasteiger partial charge in [0.05, 0.1) is 0 Å². The van der Waals surface area contributed by atoms with E-state index in [2.05, 4.69) is 33.0 Å². The highest BCUT2D eigenvalue weighted by atomic mass is 14.9. The minimum absolute atomic E-state index is 0.536. The second kappa shape index (κ2) is 7.41. The number of hydrogen-bond donors (Lipinski definition) is 1. The molecule has 1 saturated carbocycles. The lowest BCUT2D eigenvalue weighted by atomic mass is 9.72. The molecule has 0 amide bonds. The van der Waals surface area contributed by atoms with Crippen LogP contribution in [0.3, 0.4) is 0 Å². The van der Waals surface area contributed by atoms with Gasteiger partial charge in [0.15, 0.2) is 0 Å². The molecule has 1 N–H and O–H groups in total. The van der Waals surface area contributed by atoms with Crippen molar-refractivity contribution >= 4 is 0 Å². The van der Waals surface area contributed by atoms with Gasteiger partial charge in [0.2, 0.25) is 0 Å². The van der Waals surface area contributed by atoms with Gasteiger partial charge in [0, 0.05) is 0 Å². The Kier molecular flexibility index (Phi) is 6.54. The number of hydrogen-bond acceptors (Lipinski definition) is 1. The molecule has 0 aromatic rings. The molecule has 0 radical (unpaired) electrons. The van der Waals surface area contributed by atoms with Gasteiger partial charge in [0.1, 0.15) is 0 Å². The van der Waals surface area contributed by atoms with Crippen molar-refractivity contribution in [1.29, 1.82) is 0 Å². The van der Waals surface area contributed by atoms with E-state index in [1.165, 1.54) is 58.0 Å². The average molecular weight is 239 g/mol. The van der Waals surface area contributed by atoms with Crippen molar-refractivity contribution in [2.45, 2.75) is 72.6 Å². The lowest BCUT2D eigenvalue weighted by molar-refractivity contribution is 0.172. The molecule has 0 unspecified atom stereocenters. The van der Waals surface area contributed by atoms with E-state index < -0.39 is 0 Å². The summed E-state index contributed by atoms with van der Waals surface area (Å²) in [4.78, 5) is 0. The highest BCUT2D eigenvalue weighted by molar-refractivity contribution is 4.80. The van der Waals surface area contributed by atoms with Gasteiger partial charge in [0.25, 0.3) is 0 Å². The molecule has 17 heavy (non-hydrogen) atoms. The third-order valence-electron chi connectivity index (χ3n) is 4.46. The summed E-state index contributed by atoms with van der Waals surface area (Å²) in [6.45, 7) is 11.9. The van der Waals surface area contributed by atoms with Crippen LogP contribution < -0.4 is 5.32 Å². The van der Waals surface area contributed by atoms with Crippen LogP contribution in [-0.4, -0.2) is 13.1 Å². The Morgan fingerprint density at radius 3 is 2.18 bits per heavy atom. The number of rotatable bonds is 6. The van der Waals surface area contributed by atoms with Gasteiger partial charge in [-0.05, 0) is 49.6 Å². The van der Waals surface area contributed by atoms with Crippen LogP contribution in [0.1, 0.15) is 72.6 Å². The van der Waals surface area contributed by atoms with E-state index in [1.807, 2.05) is 0 Å². The molecule has 1 aliphatic carbocycles. The molecule has 0 saturated heterocycles. The molecule has 1 fully saturated rings. The van der Waals surface area contributed by atoms with Crippen LogP contribution in [0.15, 0.2) is 0 Å². The molecular weight excluding hydrogens is 206 g/mol. The van der Waals surface area contributed by atoms with Gasteiger partial charge < -0.3 is 5.32 Å². The topological polar surface area (TPSA) is 12.0 Å². The van der Waals surface area contributed by atoms with Crippen LogP contribution >= 0.6 is 0 Å². The standard InChI is InChI=1S/C16H33N/c1-14(2)13-17-12-11-16(3,4)15-9-7-5-6-8-10-15/h14-15,17H,5-13H2,1-4H3. The molecule has 0 bridgehead atoms. The smallest absolute Gasteiger partial charge is 0.00258 e. The third-order valence-corrected chi connectivity index (χ3v) is 4.46. The SMILES string of the molecule is CC(C)CNCCC(C)(C)C1CCCCCC1. The first-order valence-corrected chi connectivity index (χ1v) is 7.73. The second-order valence-electron chi connectivity index (χ2n) is 7.03. The van der Waals surface area contributed by atoms with Gasteiger partial charge in [-0.3, -0.25) is 0 Å². The first-order chi connectivity index (χ1) is 8.02. The normalized spacial score (nSPS) is 19.6. The Morgan fingerprint density at radius 1 is 1.06 bits per heavy atom. The molecule has 0 aromatic heterocycles. The fourth-order valence-corrected chi connectivity index (χ4v) is 3.07. The third kappa shape index (κ3) is 5.90. The first kappa shape index (κ1) is 15.0. The predicted octanol–water partition coefficient (Wildman–Crippen LogP) is 4.62. The van der Waals surface area contributed by atoms with Crippen LogP contribution in [0, 0.1) is 17.3 Å². The quantitative estimate of drug-likeness (QED) is 0.527. The van der Waals surface area contributed by atoms with E-state index in [-0.39, 0.29) is 0 Å². The Morgan fingerprint density at radius 2 is 1.65 bits per heavy atom. The fraction of sp³-hybridized carbons (Fsp3) is 1.00. The van der Waals surface area contributed by atoms with Crippen molar-refractivity contribution < 1.29 is 0 Å². The van der Waals surface area contributed by atoms with E-state index in [1.54, 1.807) is 0 Å². The second-order valence-corrected chi connectivity index (χ2v) is 7.03. The maximum atomic E-state index is 3.60. The predicted molar refractivity (Wildman–Crippen MR) is 77.3 cm³/mol. The lowest BCUT2D eigenvalue weighted by Gasteiger charge is -2.34. The van der Waals surface area contributed by atoms with E-state index in [9.17, 15) is 0 Å². The van der Waals surface area contributed by atoms with Gasteiger partial charge in [-0.15, -0.1) is 0 Å². The zero-order valence-electron chi connectivity index (χ0n) is 12.5. The highest BCUT2D eigenvalue weighted by Crippen LogP contribution is 2.39. The van der Waals surface area contributed by atoms with Crippen LogP contribution in [0.4, 0.5) is 0 Å². The van der Waals surface area contributed by atoms with Gasteiger partial charge in [-0.25, -0.2) is 0 Å². The van der Waals surface area contributed by atoms with E-state index in [0.29, 0.717) is 5.41 Å². The summed E-state index contributed by atoms with van der Waals surface area (Å²) < 4.78 is 0. The van der Waals surface area contributed by atoms with Crippen molar-refractivity contribution in [2.24, 2.45) is 17.3 Å². The molecule has 102 valence electrons. The van der Waals surface area contributed by atoms with Crippen LogP contribution in [0.25, 0.3) is 0 Å².